The van der Waals surface area contributed by atoms with Crippen molar-refractivity contribution in [3.8, 4) is 5.75 Å². The van der Waals surface area contributed by atoms with E-state index in [1.54, 1.807) is 4.57 Å². The van der Waals surface area contributed by atoms with E-state index in [-0.39, 0.29) is 12.4 Å². The van der Waals surface area contributed by atoms with Crippen molar-refractivity contribution in [1.29, 1.82) is 0 Å². The van der Waals surface area contributed by atoms with Crippen LogP contribution in [0, 0.1) is 0 Å². The molecule has 2 N–H and O–H groups in total. The molecule has 1 aromatic carbocycles. The number of hydrogen-bond acceptors (Lipinski definition) is 4. The summed E-state index contributed by atoms with van der Waals surface area (Å²) in [6, 6.07) is 11.9. The first-order chi connectivity index (χ1) is 11.0. The number of pyridine rings is 1. The summed E-state index contributed by atoms with van der Waals surface area (Å²) >= 11 is 0. The van der Waals surface area contributed by atoms with Crippen LogP contribution >= 0.6 is 0 Å². The molecular weight excluding hydrogens is 292 g/mol. The molecule has 0 unspecified atom stereocenters. The average Bonchev–Trinajstić information content (AvgIpc) is 2.52. The number of hydrogen-bond donors (Lipinski definition) is 2. The predicted octanol–water partition coefficient (Wildman–Crippen LogP) is 1.96. The van der Waals surface area contributed by atoms with Crippen LogP contribution in [-0.2, 0) is 19.6 Å². The minimum atomic E-state index is -0.391. The van der Waals surface area contributed by atoms with Crippen LogP contribution in [0.25, 0.3) is 0 Å². The van der Waals surface area contributed by atoms with E-state index in [9.17, 15) is 15.0 Å². The number of aliphatic hydroxyl groups is 1. The fourth-order valence-electron chi connectivity index (χ4n) is 2.50. The fourth-order valence-corrected chi connectivity index (χ4v) is 2.50. The van der Waals surface area contributed by atoms with Crippen LogP contribution in [0.5, 0.6) is 5.75 Å². The van der Waals surface area contributed by atoms with E-state index in [0.717, 1.165) is 12.2 Å². The van der Waals surface area contributed by atoms with Gasteiger partial charge in [0.25, 0.3) is 0 Å². The molecule has 0 saturated carbocycles. The number of benzene rings is 1. The quantitative estimate of drug-likeness (QED) is 0.819. The van der Waals surface area contributed by atoms with Crippen molar-refractivity contribution in [1.82, 2.24) is 9.47 Å². The zero-order valence-corrected chi connectivity index (χ0v) is 13.6. The van der Waals surface area contributed by atoms with Crippen molar-refractivity contribution in [2.45, 2.75) is 39.5 Å². The Labute approximate surface area is 136 Å². The lowest BCUT2D eigenvalue weighted by atomic mass is 10.1. The number of aliphatic hydroxyl groups excluding tert-OH is 1. The maximum Gasteiger partial charge on any atom is 0.223 e. The number of nitrogens with zero attached hydrogens (tertiary/aromatic N) is 2. The monoisotopic (exact) mass is 316 g/mol. The smallest absolute Gasteiger partial charge is 0.223 e. The highest BCUT2D eigenvalue weighted by Gasteiger charge is 2.14. The second kappa shape index (κ2) is 7.94. The van der Waals surface area contributed by atoms with Gasteiger partial charge < -0.3 is 14.8 Å². The Morgan fingerprint density at radius 3 is 2.48 bits per heavy atom. The van der Waals surface area contributed by atoms with Crippen LogP contribution in [0.2, 0.25) is 0 Å². The summed E-state index contributed by atoms with van der Waals surface area (Å²) in [5.41, 5.74) is 1.60. The maximum absolute atomic E-state index is 11.8. The molecule has 5 heteroatoms. The molecule has 0 atom stereocenters. The highest BCUT2D eigenvalue weighted by Crippen LogP contribution is 2.14. The molecule has 2 aromatic rings. The normalized spacial score (nSPS) is 11.3. The summed E-state index contributed by atoms with van der Waals surface area (Å²) in [7, 11) is 0. The van der Waals surface area contributed by atoms with Gasteiger partial charge in [0, 0.05) is 37.4 Å². The predicted molar refractivity (Wildman–Crippen MR) is 90.3 cm³/mol. The molecule has 0 aliphatic heterocycles. The summed E-state index contributed by atoms with van der Waals surface area (Å²) in [6.45, 7) is 5.86. The number of aromatic hydroxyl groups is 1. The Morgan fingerprint density at radius 1 is 1.17 bits per heavy atom. The molecule has 0 saturated heterocycles. The lowest BCUT2D eigenvalue weighted by Crippen LogP contribution is -2.32. The molecule has 23 heavy (non-hydrogen) atoms. The molecule has 1 aromatic heterocycles. The first kappa shape index (κ1) is 17.2. The van der Waals surface area contributed by atoms with E-state index < -0.39 is 5.43 Å². The highest BCUT2D eigenvalue weighted by atomic mass is 16.3. The largest absolute Gasteiger partial charge is 0.503 e. The van der Waals surface area contributed by atoms with Crippen LogP contribution < -0.4 is 5.43 Å². The van der Waals surface area contributed by atoms with Gasteiger partial charge in [0.15, 0.2) is 5.75 Å². The van der Waals surface area contributed by atoms with Crippen molar-refractivity contribution >= 4 is 0 Å². The van der Waals surface area contributed by atoms with E-state index in [2.05, 4.69) is 30.9 Å². The summed E-state index contributed by atoms with van der Waals surface area (Å²) in [5, 5.41) is 18.8. The molecule has 0 aliphatic rings. The number of rotatable bonds is 7. The zero-order valence-electron chi connectivity index (χ0n) is 13.6. The van der Waals surface area contributed by atoms with Crippen LogP contribution in [0.4, 0.5) is 0 Å². The van der Waals surface area contributed by atoms with Gasteiger partial charge in [0.05, 0.1) is 12.8 Å². The highest BCUT2D eigenvalue weighted by molar-refractivity contribution is 5.21. The van der Waals surface area contributed by atoms with Crippen molar-refractivity contribution in [2.24, 2.45) is 0 Å². The molecule has 1 heterocycles. The first-order valence-electron chi connectivity index (χ1n) is 7.82. The molecule has 0 spiro atoms. The van der Waals surface area contributed by atoms with Crippen molar-refractivity contribution in [3.05, 3.63) is 64.1 Å². The second-order valence-corrected chi connectivity index (χ2v) is 5.92. The van der Waals surface area contributed by atoms with Gasteiger partial charge in [-0.2, -0.15) is 0 Å². The van der Waals surface area contributed by atoms with Gasteiger partial charge in [-0.1, -0.05) is 30.3 Å². The lowest BCUT2D eigenvalue weighted by Gasteiger charge is -2.28. The summed E-state index contributed by atoms with van der Waals surface area (Å²) in [6.07, 6.45) is 1.40. The molecule has 0 aliphatic carbocycles. The molecular formula is C18H24N2O3. The van der Waals surface area contributed by atoms with Crippen molar-refractivity contribution in [3.63, 3.8) is 0 Å². The average molecular weight is 316 g/mol. The second-order valence-electron chi connectivity index (χ2n) is 5.92. The van der Waals surface area contributed by atoms with Gasteiger partial charge in [-0.05, 0) is 19.4 Å². The summed E-state index contributed by atoms with van der Waals surface area (Å²) in [5.74, 6) is -0.290. The minimum Gasteiger partial charge on any atom is -0.503 e. The van der Waals surface area contributed by atoms with Crippen LogP contribution in [0.15, 0.2) is 47.4 Å². The summed E-state index contributed by atoms with van der Waals surface area (Å²) < 4.78 is 1.73. The Hall–Kier alpha value is -2.11. The van der Waals surface area contributed by atoms with Crippen molar-refractivity contribution < 1.29 is 10.2 Å². The lowest BCUT2D eigenvalue weighted by molar-refractivity contribution is 0.195. The van der Waals surface area contributed by atoms with Crippen LogP contribution in [0.1, 0.15) is 25.1 Å². The number of aromatic nitrogens is 1. The molecule has 0 amide bonds. The molecule has 124 valence electrons. The third kappa shape index (κ3) is 4.68. The molecule has 2 rings (SSSR count). The maximum atomic E-state index is 11.8. The zero-order chi connectivity index (χ0) is 16.8. The van der Waals surface area contributed by atoms with Gasteiger partial charge >= 0.3 is 0 Å². The van der Waals surface area contributed by atoms with Crippen LogP contribution in [-0.4, -0.2) is 32.3 Å². The van der Waals surface area contributed by atoms with Gasteiger partial charge in [0.1, 0.15) is 0 Å². The van der Waals surface area contributed by atoms with E-state index in [0.29, 0.717) is 19.1 Å². The van der Waals surface area contributed by atoms with E-state index >= 15 is 0 Å². The van der Waals surface area contributed by atoms with Crippen molar-refractivity contribution in [2.75, 3.05) is 6.61 Å². The van der Waals surface area contributed by atoms with Gasteiger partial charge in [-0.3, -0.25) is 9.69 Å². The fraction of sp³-hybridized carbons (Fsp3) is 0.389. The first-order valence-corrected chi connectivity index (χ1v) is 7.82. The SMILES string of the molecule is CC(C)N(Cc1ccccc1)Cc1cc(=O)c(O)cn1CCO. The third-order valence-corrected chi connectivity index (χ3v) is 3.86. The van der Waals surface area contributed by atoms with E-state index in [4.69, 9.17) is 0 Å². The Kier molecular flexibility index (Phi) is 5.96. The molecule has 0 fully saturated rings. The van der Waals surface area contributed by atoms with Crippen LogP contribution in [0.3, 0.4) is 0 Å². The van der Waals surface area contributed by atoms with E-state index in [1.165, 1.54) is 17.8 Å². The molecule has 0 radical (unpaired) electrons. The molecule has 5 nitrogen and oxygen atoms in total. The Morgan fingerprint density at radius 2 is 1.87 bits per heavy atom. The standard InChI is InChI=1S/C18H24N2O3/c1-14(2)20(11-15-6-4-3-5-7-15)12-16-10-17(22)18(23)13-19(16)8-9-21/h3-7,10,13-14,21,23H,8-9,11-12H2,1-2H3. The summed E-state index contributed by atoms with van der Waals surface area (Å²) in [4.78, 5) is 14.0. The van der Waals surface area contributed by atoms with Gasteiger partial charge in [-0.25, -0.2) is 0 Å². The van der Waals surface area contributed by atoms with Gasteiger partial charge in [-0.15, -0.1) is 0 Å². The Balaban J connectivity index is 2.26. The van der Waals surface area contributed by atoms with E-state index in [1.807, 2.05) is 18.2 Å². The topological polar surface area (TPSA) is 65.7 Å². The van der Waals surface area contributed by atoms with Gasteiger partial charge in [0.2, 0.25) is 5.43 Å². The Bertz CT molecular complexity index is 680. The molecule has 0 bridgehead atoms. The minimum absolute atomic E-state index is 0.0460. The third-order valence-electron chi connectivity index (χ3n) is 3.86.